The number of piperidine rings is 1. The first-order valence-electron chi connectivity index (χ1n) is 8.40. The van der Waals surface area contributed by atoms with Gasteiger partial charge in [-0.05, 0) is 39.2 Å². The molecule has 0 aromatic carbocycles. The maximum absolute atomic E-state index is 4.47. The third-order valence-electron chi connectivity index (χ3n) is 4.18. The van der Waals surface area contributed by atoms with Crippen LogP contribution < -0.4 is 5.32 Å². The Labute approximate surface area is 129 Å². The van der Waals surface area contributed by atoms with Gasteiger partial charge in [-0.3, -0.25) is 4.90 Å². The van der Waals surface area contributed by atoms with Crippen molar-refractivity contribution in [3.8, 4) is 0 Å². The minimum atomic E-state index is 0.526. The fourth-order valence-corrected chi connectivity index (χ4v) is 2.91. The van der Waals surface area contributed by atoms with Crippen molar-refractivity contribution >= 4 is 0 Å². The average Bonchev–Trinajstić information content (AvgIpc) is 2.85. The van der Waals surface area contributed by atoms with Gasteiger partial charge in [0.1, 0.15) is 12.2 Å². The van der Waals surface area contributed by atoms with Crippen molar-refractivity contribution in [1.29, 1.82) is 0 Å². The SMILES string of the molecule is CC(C)Cn1ncnc1CN(CC1CCCCN1)C(C)C. The lowest BCUT2D eigenvalue weighted by Crippen LogP contribution is -2.45. The van der Waals surface area contributed by atoms with Gasteiger partial charge in [-0.25, -0.2) is 9.67 Å². The summed E-state index contributed by atoms with van der Waals surface area (Å²) in [5, 5.41) is 8.03. The average molecular weight is 293 g/mol. The third-order valence-corrected chi connectivity index (χ3v) is 4.18. The van der Waals surface area contributed by atoms with Gasteiger partial charge in [0.15, 0.2) is 0 Å². The molecule has 1 N–H and O–H groups in total. The van der Waals surface area contributed by atoms with Crippen LogP contribution in [0.2, 0.25) is 0 Å². The van der Waals surface area contributed by atoms with Gasteiger partial charge in [-0.15, -0.1) is 0 Å². The van der Waals surface area contributed by atoms with Crippen molar-refractivity contribution in [2.45, 2.75) is 72.1 Å². The Morgan fingerprint density at radius 3 is 2.76 bits per heavy atom. The lowest BCUT2D eigenvalue weighted by atomic mass is 10.0. The monoisotopic (exact) mass is 293 g/mol. The lowest BCUT2D eigenvalue weighted by molar-refractivity contribution is 0.170. The third kappa shape index (κ3) is 5.08. The van der Waals surface area contributed by atoms with Crippen LogP contribution in [0, 0.1) is 5.92 Å². The number of aromatic nitrogens is 3. The lowest BCUT2D eigenvalue weighted by Gasteiger charge is -2.32. The van der Waals surface area contributed by atoms with Gasteiger partial charge in [0.2, 0.25) is 0 Å². The van der Waals surface area contributed by atoms with Gasteiger partial charge >= 0.3 is 0 Å². The summed E-state index contributed by atoms with van der Waals surface area (Å²) in [7, 11) is 0. The van der Waals surface area contributed by atoms with E-state index in [9.17, 15) is 0 Å². The Bertz CT molecular complexity index is 407. The Kier molecular flexibility index (Phi) is 6.18. The van der Waals surface area contributed by atoms with Crippen molar-refractivity contribution in [1.82, 2.24) is 25.0 Å². The highest BCUT2D eigenvalue weighted by molar-refractivity contribution is 4.88. The molecule has 1 fully saturated rings. The molecule has 1 atom stereocenters. The Morgan fingerprint density at radius 1 is 1.33 bits per heavy atom. The van der Waals surface area contributed by atoms with Crippen LogP contribution in [0.25, 0.3) is 0 Å². The second-order valence-corrected chi connectivity index (χ2v) is 6.92. The molecule has 1 unspecified atom stereocenters. The Balaban J connectivity index is 1.97. The van der Waals surface area contributed by atoms with Crippen LogP contribution in [0.5, 0.6) is 0 Å². The molecule has 1 aliphatic heterocycles. The summed E-state index contributed by atoms with van der Waals surface area (Å²) in [6.45, 7) is 13.1. The molecule has 5 heteroatoms. The summed E-state index contributed by atoms with van der Waals surface area (Å²) >= 11 is 0. The highest BCUT2D eigenvalue weighted by Crippen LogP contribution is 2.13. The molecule has 1 aliphatic rings. The highest BCUT2D eigenvalue weighted by Gasteiger charge is 2.20. The van der Waals surface area contributed by atoms with Gasteiger partial charge in [-0.1, -0.05) is 20.3 Å². The van der Waals surface area contributed by atoms with Crippen molar-refractivity contribution in [2.75, 3.05) is 13.1 Å². The zero-order valence-corrected chi connectivity index (χ0v) is 14.0. The van der Waals surface area contributed by atoms with Gasteiger partial charge in [0.25, 0.3) is 0 Å². The number of hydrogen-bond donors (Lipinski definition) is 1. The normalized spacial score (nSPS) is 19.9. The molecule has 1 aromatic heterocycles. The zero-order valence-electron chi connectivity index (χ0n) is 14.0. The van der Waals surface area contributed by atoms with Gasteiger partial charge in [-0.2, -0.15) is 5.10 Å². The van der Waals surface area contributed by atoms with E-state index in [-0.39, 0.29) is 0 Å². The molecular weight excluding hydrogens is 262 g/mol. The van der Waals surface area contributed by atoms with E-state index in [0.717, 1.165) is 25.5 Å². The van der Waals surface area contributed by atoms with E-state index in [1.165, 1.54) is 25.8 Å². The minimum absolute atomic E-state index is 0.526. The number of hydrogen-bond acceptors (Lipinski definition) is 4. The Hall–Kier alpha value is -0.940. The molecule has 0 aliphatic carbocycles. The van der Waals surface area contributed by atoms with Gasteiger partial charge in [0.05, 0.1) is 6.54 Å². The van der Waals surface area contributed by atoms with Crippen LogP contribution in [0.15, 0.2) is 6.33 Å². The predicted octanol–water partition coefficient (Wildman–Crippen LogP) is 2.29. The molecule has 21 heavy (non-hydrogen) atoms. The summed E-state index contributed by atoms with van der Waals surface area (Å²) in [5.74, 6) is 1.69. The second-order valence-electron chi connectivity index (χ2n) is 6.92. The number of nitrogens with one attached hydrogen (secondary N) is 1. The Morgan fingerprint density at radius 2 is 2.14 bits per heavy atom. The predicted molar refractivity (Wildman–Crippen MR) is 86.0 cm³/mol. The molecule has 2 heterocycles. The van der Waals surface area contributed by atoms with E-state index in [1.54, 1.807) is 6.33 Å². The quantitative estimate of drug-likeness (QED) is 0.838. The van der Waals surface area contributed by atoms with E-state index in [0.29, 0.717) is 18.0 Å². The molecule has 0 saturated carbocycles. The van der Waals surface area contributed by atoms with Gasteiger partial charge in [0, 0.05) is 25.2 Å². The molecule has 120 valence electrons. The second kappa shape index (κ2) is 7.90. The first-order valence-corrected chi connectivity index (χ1v) is 8.40. The molecule has 1 aromatic rings. The van der Waals surface area contributed by atoms with Crippen molar-refractivity contribution < 1.29 is 0 Å². The standard InChI is InChI=1S/C16H31N5/c1-13(2)9-21-16(18-12-19-21)11-20(14(3)4)10-15-7-5-6-8-17-15/h12-15,17H,5-11H2,1-4H3. The van der Waals surface area contributed by atoms with E-state index >= 15 is 0 Å². The highest BCUT2D eigenvalue weighted by atomic mass is 15.4. The van der Waals surface area contributed by atoms with Crippen molar-refractivity contribution in [3.05, 3.63) is 12.2 Å². The van der Waals surface area contributed by atoms with E-state index < -0.39 is 0 Å². The topological polar surface area (TPSA) is 46.0 Å². The van der Waals surface area contributed by atoms with Crippen molar-refractivity contribution in [3.63, 3.8) is 0 Å². The number of nitrogens with zero attached hydrogens (tertiary/aromatic N) is 4. The summed E-state index contributed by atoms with van der Waals surface area (Å²) < 4.78 is 2.06. The van der Waals surface area contributed by atoms with E-state index in [1.807, 2.05) is 0 Å². The maximum Gasteiger partial charge on any atom is 0.141 e. The molecule has 5 nitrogen and oxygen atoms in total. The summed E-state index contributed by atoms with van der Waals surface area (Å²) in [6.07, 6.45) is 5.66. The largest absolute Gasteiger partial charge is 0.313 e. The minimum Gasteiger partial charge on any atom is -0.313 e. The summed E-state index contributed by atoms with van der Waals surface area (Å²) in [5.41, 5.74) is 0. The smallest absolute Gasteiger partial charge is 0.141 e. The summed E-state index contributed by atoms with van der Waals surface area (Å²) in [6, 6.07) is 1.15. The van der Waals surface area contributed by atoms with E-state index in [2.05, 4.69) is 52.7 Å². The van der Waals surface area contributed by atoms with Gasteiger partial charge < -0.3 is 5.32 Å². The fraction of sp³-hybridized carbons (Fsp3) is 0.875. The van der Waals surface area contributed by atoms with Crippen LogP contribution in [0.1, 0.15) is 52.8 Å². The van der Waals surface area contributed by atoms with Crippen LogP contribution in [0.4, 0.5) is 0 Å². The van der Waals surface area contributed by atoms with Crippen LogP contribution >= 0.6 is 0 Å². The molecule has 0 amide bonds. The summed E-state index contributed by atoms with van der Waals surface area (Å²) in [4.78, 5) is 6.99. The van der Waals surface area contributed by atoms with Crippen LogP contribution in [-0.2, 0) is 13.1 Å². The molecule has 0 radical (unpaired) electrons. The first-order chi connectivity index (χ1) is 10.1. The van der Waals surface area contributed by atoms with Crippen molar-refractivity contribution in [2.24, 2.45) is 5.92 Å². The fourth-order valence-electron chi connectivity index (χ4n) is 2.91. The first kappa shape index (κ1) is 16.4. The van der Waals surface area contributed by atoms with Crippen LogP contribution in [-0.4, -0.2) is 44.8 Å². The molecule has 1 saturated heterocycles. The molecular formula is C16H31N5. The maximum atomic E-state index is 4.47. The molecule has 2 rings (SSSR count). The van der Waals surface area contributed by atoms with Crippen LogP contribution in [0.3, 0.4) is 0 Å². The zero-order chi connectivity index (χ0) is 15.2. The number of rotatable bonds is 7. The molecule has 0 bridgehead atoms. The molecule has 0 spiro atoms. The van der Waals surface area contributed by atoms with E-state index in [4.69, 9.17) is 0 Å².